The fourth-order valence-electron chi connectivity index (χ4n) is 3.73. The van der Waals surface area contributed by atoms with Gasteiger partial charge in [-0.25, -0.2) is 0 Å². The highest BCUT2D eigenvalue weighted by Crippen LogP contribution is 2.38. The van der Waals surface area contributed by atoms with Gasteiger partial charge in [-0.3, -0.25) is 14.3 Å². The van der Waals surface area contributed by atoms with E-state index in [4.69, 9.17) is 0 Å². The molecule has 0 spiro atoms. The molecule has 0 saturated carbocycles. The Balaban J connectivity index is 1.69. The number of para-hydroxylation sites is 1. The summed E-state index contributed by atoms with van der Waals surface area (Å²) < 4.78 is 1.53. The first kappa shape index (κ1) is 19.4. The summed E-state index contributed by atoms with van der Waals surface area (Å²) in [5.74, 6) is -0.426. The predicted octanol–water partition coefficient (Wildman–Crippen LogP) is 4.56. The van der Waals surface area contributed by atoms with Crippen LogP contribution in [0.3, 0.4) is 0 Å². The van der Waals surface area contributed by atoms with Gasteiger partial charge in [-0.05, 0) is 55.9 Å². The molecule has 150 valence electrons. The molecule has 0 atom stereocenters. The summed E-state index contributed by atoms with van der Waals surface area (Å²) in [6.45, 7) is 1.97. The molecule has 2 amide bonds. The molecule has 0 fully saturated rings. The zero-order chi connectivity index (χ0) is 20.4. The second kappa shape index (κ2) is 8.21. The van der Waals surface area contributed by atoms with E-state index in [0.717, 1.165) is 48.9 Å². The van der Waals surface area contributed by atoms with E-state index in [9.17, 15) is 9.59 Å². The maximum atomic E-state index is 13.3. The van der Waals surface area contributed by atoms with Gasteiger partial charge in [-0.15, -0.1) is 11.3 Å². The number of thiophene rings is 1. The van der Waals surface area contributed by atoms with Gasteiger partial charge in [0.2, 0.25) is 0 Å². The summed E-state index contributed by atoms with van der Waals surface area (Å²) in [6, 6.07) is 9.38. The van der Waals surface area contributed by atoms with Crippen LogP contribution in [-0.2, 0) is 19.9 Å². The number of hydrogen-bond donors (Lipinski definition) is 2. The number of aromatic nitrogens is 2. The smallest absolute Gasteiger partial charge is 0.274 e. The van der Waals surface area contributed by atoms with Crippen molar-refractivity contribution in [3.63, 3.8) is 0 Å². The van der Waals surface area contributed by atoms with Crippen molar-refractivity contribution in [2.24, 2.45) is 7.05 Å². The van der Waals surface area contributed by atoms with Gasteiger partial charge in [0, 0.05) is 23.8 Å². The predicted molar refractivity (Wildman–Crippen MR) is 116 cm³/mol. The van der Waals surface area contributed by atoms with Crippen molar-refractivity contribution in [1.82, 2.24) is 9.78 Å². The Morgan fingerprint density at radius 2 is 1.83 bits per heavy atom. The van der Waals surface area contributed by atoms with Crippen LogP contribution in [0.4, 0.5) is 10.7 Å². The summed E-state index contributed by atoms with van der Waals surface area (Å²) >= 11 is 1.53. The Morgan fingerprint density at radius 1 is 1.03 bits per heavy atom. The van der Waals surface area contributed by atoms with Crippen LogP contribution in [-0.4, -0.2) is 21.6 Å². The van der Waals surface area contributed by atoms with Crippen LogP contribution in [0.15, 0.2) is 36.5 Å². The van der Waals surface area contributed by atoms with Crippen LogP contribution in [0.2, 0.25) is 0 Å². The number of anilines is 2. The summed E-state index contributed by atoms with van der Waals surface area (Å²) in [5.41, 5.74) is 3.93. The second-order valence-electron chi connectivity index (χ2n) is 7.33. The van der Waals surface area contributed by atoms with Gasteiger partial charge in [0.15, 0.2) is 0 Å². The van der Waals surface area contributed by atoms with E-state index in [2.05, 4.69) is 15.7 Å². The van der Waals surface area contributed by atoms with Gasteiger partial charge < -0.3 is 10.6 Å². The zero-order valence-electron chi connectivity index (χ0n) is 16.6. The highest BCUT2D eigenvalue weighted by molar-refractivity contribution is 7.17. The lowest BCUT2D eigenvalue weighted by molar-refractivity contribution is 0.101. The number of fused-ring (bicyclic) bond motifs is 1. The van der Waals surface area contributed by atoms with Gasteiger partial charge in [0.25, 0.3) is 11.8 Å². The summed E-state index contributed by atoms with van der Waals surface area (Å²) in [6.07, 6.45) is 6.74. The van der Waals surface area contributed by atoms with E-state index in [1.807, 2.05) is 31.2 Å². The maximum Gasteiger partial charge on any atom is 0.274 e. The summed E-state index contributed by atoms with van der Waals surface area (Å²) in [7, 11) is 1.73. The van der Waals surface area contributed by atoms with Crippen molar-refractivity contribution < 1.29 is 9.59 Å². The third-order valence-electron chi connectivity index (χ3n) is 5.32. The minimum absolute atomic E-state index is 0.168. The Bertz CT molecular complexity index is 1070. The quantitative estimate of drug-likeness (QED) is 0.621. The van der Waals surface area contributed by atoms with E-state index < -0.39 is 0 Å². The lowest BCUT2D eigenvalue weighted by atomic mass is 10.0. The standard InChI is InChI=1S/C22H24N4O2S/c1-14-8-6-7-10-16(14)24-21(28)19-15-9-4-3-5-11-18(15)29-22(19)25-20(27)17-12-13-23-26(17)2/h6-8,10,12-13H,3-5,9,11H2,1-2H3,(H,24,28)(H,25,27). The van der Waals surface area contributed by atoms with Crippen LogP contribution in [0.1, 0.15) is 56.1 Å². The molecule has 0 saturated heterocycles. The molecule has 0 unspecified atom stereocenters. The first-order chi connectivity index (χ1) is 14.0. The number of aryl methyl sites for hydroxylation is 3. The molecule has 1 aliphatic carbocycles. The van der Waals surface area contributed by atoms with Crippen LogP contribution < -0.4 is 10.6 Å². The molecular weight excluding hydrogens is 384 g/mol. The van der Waals surface area contributed by atoms with Gasteiger partial charge >= 0.3 is 0 Å². The molecule has 2 heterocycles. The fourth-order valence-corrected chi connectivity index (χ4v) is 5.01. The maximum absolute atomic E-state index is 13.3. The molecule has 0 bridgehead atoms. The lowest BCUT2D eigenvalue weighted by Gasteiger charge is -2.11. The van der Waals surface area contributed by atoms with Gasteiger partial charge in [0.1, 0.15) is 10.7 Å². The molecule has 1 aliphatic rings. The van der Waals surface area contributed by atoms with Crippen LogP contribution in [0.25, 0.3) is 0 Å². The number of nitrogens with one attached hydrogen (secondary N) is 2. The monoisotopic (exact) mass is 408 g/mol. The van der Waals surface area contributed by atoms with Crippen LogP contribution in [0, 0.1) is 6.92 Å². The number of carbonyl (C=O) groups excluding carboxylic acids is 2. The number of amides is 2. The average Bonchev–Trinajstić information content (AvgIpc) is 3.19. The van der Waals surface area contributed by atoms with Crippen LogP contribution in [0.5, 0.6) is 0 Å². The number of benzene rings is 1. The minimum Gasteiger partial charge on any atom is -0.322 e. The molecule has 29 heavy (non-hydrogen) atoms. The van der Waals surface area contributed by atoms with Crippen molar-refractivity contribution in [3.8, 4) is 0 Å². The number of rotatable bonds is 4. The van der Waals surface area contributed by atoms with E-state index in [-0.39, 0.29) is 11.8 Å². The average molecular weight is 409 g/mol. The molecule has 7 heteroatoms. The van der Waals surface area contributed by atoms with E-state index in [1.165, 1.54) is 20.9 Å². The van der Waals surface area contributed by atoms with Gasteiger partial charge in [-0.2, -0.15) is 5.10 Å². The number of hydrogen-bond acceptors (Lipinski definition) is 4. The van der Waals surface area contributed by atoms with Crippen molar-refractivity contribution in [1.29, 1.82) is 0 Å². The largest absolute Gasteiger partial charge is 0.322 e. The van der Waals surface area contributed by atoms with E-state index in [1.54, 1.807) is 19.3 Å². The van der Waals surface area contributed by atoms with Gasteiger partial charge in [0.05, 0.1) is 5.56 Å². The molecule has 2 aromatic heterocycles. The molecule has 3 aromatic rings. The molecule has 4 rings (SSSR count). The van der Waals surface area contributed by atoms with Crippen molar-refractivity contribution >= 4 is 33.8 Å². The second-order valence-corrected chi connectivity index (χ2v) is 8.44. The normalized spacial score (nSPS) is 13.4. The fraction of sp³-hybridized carbons (Fsp3) is 0.318. The first-order valence-electron chi connectivity index (χ1n) is 9.85. The highest BCUT2D eigenvalue weighted by Gasteiger charge is 2.26. The van der Waals surface area contributed by atoms with E-state index in [0.29, 0.717) is 16.3 Å². The summed E-state index contributed by atoms with van der Waals surface area (Å²) in [4.78, 5) is 27.3. The molecule has 0 radical (unpaired) electrons. The Morgan fingerprint density at radius 3 is 2.59 bits per heavy atom. The minimum atomic E-state index is -0.258. The van der Waals surface area contributed by atoms with E-state index >= 15 is 0 Å². The lowest BCUT2D eigenvalue weighted by Crippen LogP contribution is -2.20. The molecular formula is C22H24N4O2S. The SMILES string of the molecule is Cc1ccccc1NC(=O)c1c(NC(=O)c2ccnn2C)sc2c1CCCCC2. The number of carbonyl (C=O) groups is 2. The number of nitrogens with zero attached hydrogens (tertiary/aromatic N) is 2. The van der Waals surface area contributed by atoms with Crippen molar-refractivity contribution in [3.05, 3.63) is 63.8 Å². The Hall–Kier alpha value is -2.93. The Kier molecular flexibility index (Phi) is 5.49. The van der Waals surface area contributed by atoms with Crippen LogP contribution >= 0.6 is 11.3 Å². The van der Waals surface area contributed by atoms with Crippen molar-refractivity contribution in [2.45, 2.75) is 39.0 Å². The third-order valence-corrected chi connectivity index (χ3v) is 6.53. The first-order valence-corrected chi connectivity index (χ1v) is 10.7. The zero-order valence-corrected chi connectivity index (χ0v) is 17.4. The molecule has 6 nitrogen and oxygen atoms in total. The highest BCUT2D eigenvalue weighted by atomic mass is 32.1. The molecule has 1 aromatic carbocycles. The topological polar surface area (TPSA) is 76.0 Å². The van der Waals surface area contributed by atoms with Crippen molar-refractivity contribution in [2.75, 3.05) is 10.6 Å². The molecule has 0 aliphatic heterocycles. The third kappa shape index (κ3) is 3.96. The Labute approximate surface area is 173 Å². The molecule has 2 N–H and O–H groups in total. The summed E-state index contributed by atoms with van der Waals surface area (Å²) in [5, 5.41) is 10.7. The van der Waals surface area contributed by atoms with Gasteiger partial charge in [-0.1, -0.05) is 24.6 Å².